The molecular weight excluding hydrogens is 220 g/mol. The lowest BCUT2D eigenvalue weighted by Crippen LogP contribution is -2.05. The molecule has 0 radical (unpaired) electrons. The Morgan fingerprint density at radius 2 is 1.56 bits per heavy atom. The molecular formula is C17H16O. The highest BCUT2D eigenvalue weighted by Crippen LogP contribution is 2.22. The second-order valence-electron chi connectivity index (χ2n) is 4.25. The minimum Gasteiger partial charge on any atom is -0.294 e. The fourth-order valence-corrected chi connectivity index (χ4v) is 1.98. The molecule has 0 amide bonds. The third kappa shape index (κ3) is 2.95. The molecule has 0 aromatic heterocycles. The van der Waals surface area contributed by atoms with Crippen LogP contribution in [0.25, 0.3) is 0 Å². The molecule has 90 valence electrons. The minimum atomic E-state index is 0.0823. The highest BCUT2D eigenvalue weighted by atomic mass is 16.1. The molecule has 0 bridgehead atoms. The van der Waals surface area contributed by atoms with Crippen LogP contribution in [0.2, 0.25) is 0 Å². The van der Waals surface area contributed by atoms with Crippen LogP contribution in [0.15, 0.2) is 73.3 Å². The number of hydrogen-bond acceptors (Lipinski definition) is 1. The van der Waals surface area contributed by atoms with Crippen molar-refractivity contribution < 1.29 is 4.79 Å². The Labute approximate surface area is 108 Å². The number of ketones is 1. The van der Waals surface area contributed by atoms with Gasteiger partial charge in [-0.3, -0.25) is 4.79 Å². The zero-order chi connectivity index (χ0) is 12.8. The van der Waals surface area contributed by atoms with E-state index in [9.17, 15) is 4.79 Å². The maximum atomic E-state index is 12.1. The third-order valence-corrected chi connectivity index (χ3v) is 3.01. The summed E-state index contributed by atoms with van der Waals surface area (Å²) in [4.78, 5) is 12.1. The summed E-state index contributed by atoms with van der Waals surface area (Å²) in [5, 5.41) is 0. The molecule has 2 aromatic carbocycles. The van der Waals surface area contributed by atoms with Crippen LogP contribution in [0.1, 0.15) is 28.3 Å². The first kappa shape index (κ1) is 12.3. The molecule has 0 heterocycles. The van der Waals surface area contributed by atoms with E-state index in [1.54, 1.807) is 0 Å². The third-order valence-electron chi connectivity index (χ3n) is 3.01. The minimum absolute atomic E-state index is 0.0823. The quantitative estimate of drug-likeness (QED) is 0.561. The first-order valence-corrected chi connectivity index (χ1v) is 6.07. The fourth-order valence-electron chi connectivity index (χ4n) is 1.98. The van der Waals surface area contributed by atoms with Crippen molar-refractivity contribution in [2.75, 3.05) is 0 Å². The van der Waals surface area contributed by atoms with Gasteiger partial charge in [0.1, 0.15) is 0 Å². The lowest BCUT2D eigenvalue weighted by atomic mass is 9.92. The molecule has 1 nitrogen and oxygen atoms in total. The van der Waals surface area contributed by atoms with Gasteiger partial charge in [-0.25, -0.2) is 0 Å². The highest BCUT2D eigenvalue weighted by molar-refractivity contribution is 5.96. The maximum Gasteiger partial charge on any atom is 0.163 e. The summed E-state index contributed by atoms with van der Waals surface area (Å²) < 4.78 is 0. The lowest BCUT2D eigenvalue weighted by molar-refractivity contribution is 0.0978. The normalized spacial score (nSPS) is 11.8. The second-order valence-corrected chi connectivity index (χ2v) is 4.25. The van der Waals surface area contributed by atoms with Crippen molar-refractivity contribution in [1.82, 2.24) is 0 Å². The van der Waals surface area contributed by atoms with Crippen LogP contribution in [-0.4, -0.2) is 5.78 Å². The lowest BCUT2D eigenvalue weighted by Gasteiger charge is -2.11. The van der Waals surface area contributed by atoms with Gasteiger partial charge in [0.25, 0.3) is 0 Å². The SMILES string of the molecule is C=C[C@H](CC(=O)c1ccccc1)c1ccccc1. The average molecular weight is 236 g/mol. The van der Waals surface area contributed by atoms with E-state index >= 15 is 0 Å². The van der Waals surface area contributed by atoms with Crippen molar-refractivity contribution in [3.63, 3.8) is 0 Å². The largest absolute Gasteiger partial charge is 0.294 e. The monoisotopic (exact) mass is 236 g/mol. The molecule has 0 aliphatic heterocycles. The topological polar surface area (TPSA) is 17.1 Å². The molecule has 1 heteroatoms. The molecule has 0 aliphatic carbocycles. The Bertz CT molecular complexity index is 514. The van der Waals surface area contributed by atoms with Gasteiger partial charge in [0.15, 0.2) is 5.78 Å². The second kappa shape index (κ2) is 5.97. The van der Waals surface area contributed by atoms with E-state index in [0.717, 1.165) is 11.1 Å². The standard InChI is InChI=1S/C17H16O/c1-2-14(15-9-5-3-6-10-15)13-17(18)16-11-7-4-8-12-16/h2-12,14H,1,13H2/t14-/m1/s1. The number of benzene rings is 2. The van der Waals surface area contributed by atoms with E-state index in [-0.39, 0.29) is 11.7 Å². The first-order valence-electron chi connectivity index (χ1n) is 6.07. The van der Waals surface area contributed by atoms with Crippen LogP contribution in [0.3, 0.4) is 0 Å². The van der Waals surface area contributed by atoms with Crippen molar-refractivity contribution in [3.8, 4) is 0 Å². The molecule has 1 atom stereocenters. The Morgan fingerprint density at radius 3 is 2.11 bits per heavy atom. The van der Waals surface area contributed by atoms with Gasteiger partial charge in [0, 0.05) is 17.9 Å². The predicted octanol–water partition coefficient (Wildman–Crippen LogP) is 4.23. The summed E-state index contributed by atoms with van der Waals surface area (Å²) in [6, 6.07) is 19.4. The highest BCUT2D eigenvalue weighted by Gasteiger charge is 2.13. The molecule has 0 fully saturated rings. The first-order chi connectivity index (χ1) is 8.81. The van der Waals surface area contributed by atoms with Gasteiger partial charge in [-0.15, -0.1) is 6.58 Å². The van der Waals surface area contributed by atoms with E-state index in [2.05, 4.69) is 6.58 Å². The molecule has 0 spiro atoms. The number of carbonyl (C=O) groups excluding carboxylic acids is 1. The van der Waals surface area contributed by atoms with E-state index in [4.69, 9.17) is 0 Å². The molecule has 2 rings (SSSR count). The molecule has 0 saturated heterocycles. The van der Waals surface area contributed by atoms with E-state index in [1.807, 2.05) is 66.7 Å². The average Bonchev–Trinajstić information content (AvgIpc) is 2.46. The molecule has 18 heavy (non-hydrogen) atoms. The van der Waals surface area contributed by atoms with E-state index in [0.29, 0.717) is 6.42 Å². The van der Waals surface area contributed by atoms with Crippen LogP contribution in [0, 0.1) is 0 Å². The smallest absolute Gasteiger partial charge is 0.163 e. The number of carbonyl (C=O) groups is 1. The van der Waals surface area contributed by atoms with Gasteiger partial charge in [-0.2, -0.15) is 0 Å². The molecule has 0 N–H and O–H groups in total. The number of Topliss-reactive ketones (excluding diaryl/α,β-unsaturated/α-hetero) is 1. The van der Waals surface area contributed by atoms with E-state index in [1.165, 1.54) is 0 Å². The Balaban J connectivity index is 2.13. The number of allylic oxidation sites excluding steroid dienone is 1. The summed E-state index contributed by atoms with van der Waals surface area (Å²) in [6.07, 6.45) is 2.31. The molecule has 0 unspecified atom stereocenters. The maximum absolute atomic E-state index is 12.1. The molecule has 0 aliphatic rings. The van der Waals surface area contributed by atoms with Gasteiger partial charge in [0.05, 0.1) is 0 Å². The van der Waals surface area contributed by atoms with Crippen LogP contribution in [-0.2, 0) is 0 Å². The number of hydrogen-bond donors (Lipinski definition) is 0. The zero-order valence-corrected chi connectivity index (χ0v) is 10.3. The van der Waals surface area contributed by atoms with Crippen molar-refractivity contribution in [2.45, 2.75) is 12.3 Å². The summed E-state index contributed by atoms with van der Waals surface area (Å²) in [5.41, 5.74) is 1.90. The number of rotatable bonds is 5. The Kier molecular flexibility index (Phi) is 4.08. The van der Waals surface area contributed by atoms with Gasteiger partial charge in [0.2, 0.25) is 0 Å². The molecule has 2 aromatic rings. The van der Waals surface area contributed by atoms with Crippen LogP contribution in [0.4, 0.5) is 0 Å². The summed E-state index contributed by atoms with van der Waals surface area (Å²) in [5.74, 6) is 0.239. The summed E-state index contributed by atoms with van der Waals surface area (Å²) in [6.45, 7) is 3.83. The van der Waals surface area contributed by atoms with Crippen molar-refractivity contribution >= 4 is 5.78 Å². The summed E-state index contributed by atoms with van der Waals surface area (Å²) in [7, 11) is 0. The van der Waals surface area contributed by atoms with Crippen molar-refractivity contribution in [1.29, 1.82) is 0 Å². The fraction of sp³-hybridized carbons (Fsp3) is 0.118. The molecule has 0 saturated carbocycles. The van der Waals surface area contributed by atoms with Crippen LogP contribution >= 0.6 is 0 Å². The Hall–Kier alpha value is -2.15. The van der Waals surface area contributed by atoms with E-state index < -0.39 is 0 Å². The predicted molar refractivity (Wildman–Crippen MR) is 74.8 cm³/mol. The summed E-state index contributed by atoms with van der Waals surface area (Å²) >= 11 is 0. The van der Waals surface area contributed by atoms with Crippen molar-refractivity contribution in [2.24, 2.45) is 0 Å². The van der Waals surface area contributed by atoms with Gasteiger partial charge in [-0.1, -0.05) is 66.7 Å². The Morgan fingerprint density at radius 1 is 1.00 bits per heavy atom. The van der Waals surface area contributed by atoms with Gasteiger partial charge in [-0.05, 0) is 5.56 Å². The van der Waals surface area contributed by atoms with Crippen LogP contribution in [0.5, 0.6) is 0 Å². The van der Waals surface area contributed by atoms with Gasteiger partial charge >= 0.3 is 0 Å². The zero-order valence-electron chi connectivity index (χ0n) is 10.3. The van der Waals surface area contributed by atoms with Gasteiger partial charge < -0.3 is 0 Å². The van der Waals surface area contributed by atoms with Crippen molar-refractivity contribution in [3.05, 3.63) is 84.4 Å². The van der Waals surface area contributed by atoms with Crippen LogP contribution < -0.4 is 0 Å².